The van der Waals surface area contributed by atoms with E-state index in [-0.39, 0.29) is 28.7 Å². The first-order chi connectivity index (χ1) is 13.3. The van der Waals surface area contributed by atoms with Crippen LogP contribution in [0.5, 0.6) is 0 Å². The van der Waals surface area contributed by atoms with Gasteiger partial charge in [-0.25, -0.2) is 0 Å². The molecule has 2 aliphatic heterocycles. The zero-order chi connectivity index (χ0) is 19.9. The van der Waals surface area contributed by atoms with Crippen molar-refractivity contribution in [3.63, 3.8) is 0 Å². The Hall–Kier alpha value is -2.42. The maximum atomic E-state index is 12.4. The summed E-state index contributed by atoms with van der Waals surface area (Å²) in [6.07, 6.45) is 2.21. The van der Waals surface area contributed by atoms with Gasteiger partial charge in [0, 0.05) is 24.7 Å². The lowest BCUT2D eigenvalue weighted by Crippen LogP contribution is -2.42. The molecule has 9 heteroatoms. The number of rotatable bonds is 4. The molecule has 2 heterocycles. The van der Waals surface area contributed by atoms with Crippen molar-refractivity contribution in [2.75, 3.05) is 13.1 Å². The lowest BCUT2D eigenvalue weighted by atomic mass is 9.96. The SMILES string of the molecule is C[C@H](OC(=O)C1CCN(C2=NS(=O)(=O)c3ccccc32)CC1)C(=O)NC1CC1. The Morgan fingerprint density at radius 3 is 2.54 bits per heavy atom. The highest BCUT2D eigenvalue weighted by Crippen LogP contribution is 2.30. The average Bonchev–Trinajstić information content (AvgIpc) is 3.45. The molecule has 150 valence electrons. The molecule has 3 aliphatic rings. The van der Waals surface area contributed by atoms with Crippen molar-refractivity contribution in [3.05, 3.63) is 29.8 Å². The molecule has 0 unspecified atom stereocenters. The van der Waals surface area contributed by atoms with Crippen LogP contribution in [-0.4, -0.2) is 56.3 Å². The van der Waals surface area contributed by atoms with Crippen LogP contribution in [0.4, 0.5) is 0 Å². The second kappa shape index (κ2) is 7.20. The smallest absolute Gasteiger partial charge is 0.309 e. The third-order valence-electron chi connectivity index (χ3n) is 5.33. The lowest BCUT2D eigenvalue weighted by molar-refractivity contribution is -0.160. The van der Waals surface area contributed by atoms with Crippen LogP contribution in [0.1, 0.15) is 38.2 Å². The van der Waals surface area contributed by atoms with Gasteiger partial charge in [0.25, 0.3) is 15.9 Å². The summed E-state index contributed by atoms with van der Waals surface area (Å²) in [4.78, 5) is 26.5. The van der Waals surface area contributed by atoms with Crippen molar-refractivity contribution < 1.29 is 22.7 Å². The van der Waals surface area contributed by atoms with Crippen LogP contribution in [0.15, 0.2) is 33.6 Å². The summed E-state index contributed by atoms with van der Waals surface area (Å²) in [6.45, 7) is 2.59. The zero-order valence-corrected chi connectivity index (χ0v) is 16.4. The van der Waals surface area contributed by atoms with Crippen LogP contribution in [0.2, 0.25) is 0 Å². The molecule has 0 radical (unpaired) electrons. The number of esters is 1. The number of sulfonamides is 1. The van der Waals surface area contributed by atoms with E-state index in [9.17, 15) is 18.0 Å². The molecule has 8 nitrogen and oxygen atoms in total. The van der Waals surface area contributed by atoms with E-state index in [1.54, 1.807) is 31.2 Å². The van der Waals surface area contributed by atoms with Crippen molar-refractivity contribution in [1.29, 1.82) is 0 Å². The molecule has 1 aliphatic carbocycles. The van der Waals surface area contributed by atoms with Gasteiger partial charge < -0.3 is 15.0 Å². The fourth-order valence-electron chi connectivity index (χ4n) is 3.51. The first-order valence-corrected chi connectivity index (χ1v) is 11.0. The Labute approximate surface area is 164 Å². The number of carbonyl (C=O) groups excluding carboxylic acids is 2. The number of piperidine rings is 1. The third kappa shape index (κ3) is 3.76. The van der Waals surface area contributed by atoms with Gasteiger partial charge in [-0.15, -0.1) is 4.40 Å². The number of amides is 1. The van der Waals surface area contributed by atoms with E-state index in [1.165, 1.54) is 0 Å². The van der Waals surface area contributed by atoms with Crippen LogP contribution < -0.4 is 5.32 Å². The van der Waals surface area contributed by atoms with Crippen LogP contribution in [0.25, 0.3) is 0 Å². The highest BCUT2D eigenvalue weighted by Gasteiger charge is 2.35. The topological polar surface area (TPSA) is 105 Å². The summed E-state index contributed by atoms with van der Waals surface area (Å²) in [6, 6.07) is 6.99. The van der Waals surface area contributed by atoms with Gasteiger partial charge in [-0.1, -0.05) is 12.1 Å². The summed E-state index contributed by atoms with van der Waals surface area (Å²) in [7, 11) is -3.65. The van der Waals surface area contributed by atoms with E-state index in [4.69, 9.17) is 4.74 Å². The van der Waals surface area contributed by atoms with Crippen molar-refractivity contribution in [1.82, 2.24) is 10.2 Å². The highest BCUT2D eigenvalue weighted by atomic mass is 32.2. The van der Waals surface area contributed by atoms with E-state index in [0.29, 0.717) is 37.3 Å². The zero-order valence-electron chi connectivity index (χ0n) is 15.6. The maximum absolute atomic E-state index is 12.4. The molecule has 1 amide bonds. The quantitative estimate of drug-likeness (QED) is 0.751. The number of amidine groups is 1. The van der Waals surface area contributed by atoms with Gasteiger partial charge in [-0.05, 0) is 44.7 Å². The van der Waals surface area contributed by atoms with E-state index in [2.05, 4.69) is 9.71 Å². The molecule has 1 atom stereocenters. The number of likely N-dealkylation sites (tertiary alicyclic amines) is 1. The van der Waals surface area contributed by atoms with E-state index >= 15 is 0 Å². The highest BCUT2D eigenvalue weighted by molar-refractivity contribution is 7.90. The van der Waals surface area contributed by atoms with Crippen molar-refractivity contribution in [3.8, 4) is 0 Å². The number of nitrogens with one attached hydrogen (secondary N) is 1. The minimum atomic E-state index is -3.65. The molecule has 1 aromatic carbocycles. The van der Waals surface area contributed by atoms with Crippen LogP contribution in [0, 0.1) is 5.92 Å². The Balaban J connectivity index is 1.35. The fraction of sp³-hybridized carbons (Fsp3) is 0.526. The third-order valence-corrected chi connectivity index (χ3v) is 6.65. The number of benzene rings is 1. The maximum Gasteiger partial charge on any atom is 0.309 e. The number of nitrogens with zero attached hydrogens (tertiary/aromatic N) is 2. The van der Waals surface area contributed by atoms with Gasteiger partial charge in [-0.2, -0.15) is 8.42 Å². The van der Waals surface area contributed by atoms with Gasteiger partial charge in [0.2, 0.25) is 0 Å². The predicted molar refractivity (Wildman–Crippen MR) is 101 cm³/mol. The molecule has 28 heavy (non-hydrogen) atoms. The summed E-state index contributed by atoms with van der Waals surface area (Å²) in [5.41, 5.74) is 0.605. The standard InChI is InChI=1S/C19H23N3O5S/c1-12(18(23)20-14-6-7-14)27-19(24)13-8-10-22(11-9-13)17-15-4-2-3-5-16(15)28(25,26)21-17/h2-5,12-14H,6-11H2,1H3,(H,20,23)/t12-/m0/s1. The number of ether oxygens (including phenoxy) is 1. The molecule has 1 saturated carbocycles. The van der Waals surface area contributed by atoms with Gasteiger partial charge in [0.05, 0.1) is 5.92 Å². The molecule has 1 saturated heterocycles. The second-order valence-corrected chi connectivity index (χ2v) is 9.08. The molecule has 0 bridgehead atoms. The Morgan fingerprint density at radius 2 is 1.86 bits per heavy atom. The Kier molecular flexibility index (Phi) is 4.86. The molecule has 1 N–H and O–H groups in total. The number of carbonyl (C=O) groups is 2. The normalized spacial score (nSPS) is 22.2. The minimum absolute atomic E-state index is 0.224. The number of hydrogen-bond acceptors (Lipinski definition) is 6. The van der Waals surface area contributed by atoms with Gasteiger partial charge in [-0.3, -0.25) is 9.59 Å². The molecule has 0 aromatic heterocycles. The number of fused-ring (bicyclic) bond motifs is 1. The molecule has 0 spiro atoms. The fourth-order valence-corrected chi connectivity index (χ4v) is 4.74. The van der Waals surface area contributed by atoms with Crippen LogP contribution in [0.3, 0.4) is 0 Å². The van der Waals surface area contributed by atoms with Crippen molar-refractivity contribution >= 4 is 27.7 Å². The minimum Gasteiger partial charge on any atom is -0.452 e. The Bertz CT molecular complexity index is 931. The van der Waals surface area contributed by atoms with E-state index < -0.39 is 16.1 Å². The van der Waals surface area contributed by atoms with Gasteiger partial charge in [0.1, 0.15) is 4.90 Å². The second-order valence-electron chi connectivity index (χ2n) is 7.51. The molecular weight excluding hydrogens is 382 g/mol. The molecular formula is C19H23N3O5S. The van der Waals surface area contributed by atoms with Gasteiger partial charge >= 0.3 is 5.97 Å². The Morgan fingerprint density at radius 1 is 1.18 bits per heavy atom. The van der Waals surface area contributed by atoms with Crippen LogP contribution >= 0.6 is 0 Å². The molecule has 2 fully saturated rings. The summed E-state index contributed by atoms with van der Waals surface area (Å²) in [5, 5.41) is 2.83. The first kappa shape index (κ1) is 18.9. The average molecular weight is 405 g/mol. The van der Waals surface area contributed by atoms with Crippen molar-refractivity contribution in [2.24, 2.45) is 10.3 Å². The molecule has 4 rings (SSSR count). The predicted octanol–water partition coefficient (Wildman–Crippen LogP) is 1.06. The van der Waals surface area contributed by atoms with E-state index in [1.807, 2.05) is 4.90 Å². The largest absolute Gasteiger partial charge is 0.452 e. The lowest BCUT2D eigenvalue weighted by Gasteiger charge is -2.32. The summed E-state index contributed by atoms with van der Waals surface area (Å²) < 4.78 is 33.7. The van der Waals surface area contributed by atoms with Crippen LogP contribution in [-0.2, 0) is 24.3 Å². The summed E-state index contributed by atoms with van der Waals surface area (Å²) in [5.74, 6) is -0.490. The number of hydrogen-bond donors (Lipinski definition) is 1. The van der Waals surface area contributed by atoms with E-state index in [0.717, 1.165) is 12.8 Å². The van der Waals surface area contributed by atoms with Crippen molar-refractivity contribution in [2.45, 2.75) is 49.6 Å². The molecule has 1 aromatic rings. The monoisotopic (exact) mass is 405 g/mol. The first-order valence-electron chi connectivity index (χ1n) is 9.55. The van der Waals surface area contributed by atoms with Gasteiger partial charge in [0.15, 0.2) is 11.9 Å². The summed E-state index contributed by atoms with van der Waals surface area (Å²) >= 11 is 0.